The Morgan fingerprint density at radius 1 is 1.17 bits per heavy atom. The summed E-state index contributed by atoms with van der Waals surface area (Å²) in [5.74, 6) is 0.703. The Balaban J connectivity index is 1.56. The zero-order valence-corrected chi connectivity index (χ0v) is 16.8. The van der Waals surface area contributed by atoms with Crippen molar-refractivity contribution >= 4 is 21.0 Å². The average Bonchev–Trinajstić information content (AvgIpc) is 3.37. The summed E-state index contributed by atoms with van der Waals surface area (Å²) in [5.41, 5.74) is 4.15. The molecule has 0 aliphatic carbocycles. The van der Waals surface area contributed by atoms with Crippen molar-refractivity contribution in [1.82, 2.24) is 29.7 Å². The van der Waals surface area contributed by atoms with Gasteiger partial charge in [0.15, 0.2) is 11.5 Å². The van der Waals surface area contributed by atoms with Crippen molar-refractivity contribution in [2.75, 3.05) is 19.1 Å². The van der Waals surface area contributed by atoms with Gasteiger partial charge in [-0.15, -0.1) is 0 Å². The lowest BCUT2D eigenvalue weighted by Gasteiger charge is -2.15. The van der Waals surface area contributed by atoms with Gasteiger partial charge in [0, 0.05) is 43.1 Å². The van der Waals surface area contributed by atoms with Gasteiger partial charge in [-0.25, -0.2) is 28.1 Å². The number of H-pyrrole nitrogens is 1. The molecule has 10 heteroatoms. The van der Waals surface area contributed by atoms with Crippen LogP contribution in [0.3, 0.4) is 0 Å². The molecule has 1 unspecified atom stereocenters. The Morgan fingerprint density at radius 3 is 2.76 bits per heavy atom. The molecule has 4 aromatic heterocycles. The summed E-state index contributed by atoms with van der Waals surface area (Å²) in [7, 11) is -1.49. The second kappa shape index (κ2) is 7.72. The van der Waals surface area contributed by atoms with E-state index in [2.05, 4.69) is 25.0 Å². The highest BCUT2D eigenvalue weighted by Crippen LogP contribution is 2.26. The Hall–Kier alpha value is -3.11. The number of aromatic amines is 1. The topological polar surface area (TPSA) is 116 Å². The van der Waals surface area contributed by atoms with E-state index < -0.39 is 9.84 Å². The molecule has 4 heterocycles. The van der Waals surface area contributed by atoms with E-state index >= 15 is 0 Å². The molecule has 29 heavy (non-hydrogen) atoms. The minimum atomic E-state index is -3.05. The zero-order valence-electron chi connectivity index (χ0n) is 16.0. The van der Waals surface area contributed by atoms with Crippen molar-refractivity contribution < 1.29 is 13.2 Å². The molecule has 0 saturated carbocycles. The third kappa shape index (κ3) is 4.17. The molecule has 9 nitrogen and oxygen atoms in total. The van der Waals surface area contributed by atoms with Crippen molar-refractivity contribution in [3.63, 3.8) is 0 Å². The predicted octanol–water partition coefficient (Wildman–Crippen LogP) is 2.33. The highest BCUT2D eigenvalue weighted by Gasteiger charge is 2.15. The molecule has 0 aromatic carbocycles. The van der Waals surface area contributed by atoms with Crippen LogP contribution in [0.5, 0.6) is 0 Å². The first-order valence-corrected chi connectivity index (χ1v) is 11.0. The van der Waals surface area contributed by atoms with Crippen LogP contribution in [0.25, 0.3) is 28.1 Å². The first kappa shape index (κ1) is 19.2. The molecule has 1 atom stereocenters. The van der Waals surface area contributed by atoms with E-state index in [0.29, 0.717) is 12.2 Å². The van der Waals surface area contributed by atoms with E-state index in [0.717, 1.165) is 27.9 Å². The number of methoxy groups -OCH3 is 1. The summed E-state index contributed by atoms with van der Waals surface area (Å²) < 4.78 is 29.9. The monoisotopic (exact) mass is 412 g/mol. The van der Waals surface area contributed by atoms with E-state index in [1.165, 1.54) is 6.26 Å². The number of fused-ring (bicyclic) bond motifs is 1. The standard InChI is InChI=1S/C19H20N6O3S/c1-28-16(6-8-29(2,26)27)13-3-4-17(21-9-13)25-11-14(10-24-25)15-5-7-20-19-18(15)22-12-23-19/h3-5,7,9-12,16H,6,8H2,1-2H3,(H,20,22,23). The van der Waals surface area contributed by atoms with Crippen molar-refractivity contribution in [3.05, 3.63) is 54.9 Å². The Bertz CT molecular complexity index is 1230. The Kier molecular flexibility index (Phi) is 5.12. The molecule has 0 fully saturated rings. The second-order valence-electron chi connectivity index (χ2n) is 6.72. The number of rotatable bonds is 7. The van der Waals surface area contributed by atoms with Crippen LogP contribution >= 0.6 is 0 Å². The van der Waals surface area contributed by atoms with Crippen LogP contribution in [0.1, 0.15) is 18.1 Å². The number of aromatic nitrogens is 6. The van der Waals surface area contributed by atoms with Crippen LogP contribution in [0.15, 0.2) is 49.3 Å². The van der Waals surface area contributed by atoms with Gasteiger partial charge in [-0.1, -0.05) is 6.07 Å². The van der Waals surface area contributed by atoms with Crippen molar-refractivity contribution in [1.29, 1.82) is 0 Å². The minimum Gasteiger partial charge on any atom is -0.377 e. The largest absolute Gasteiger partial charge is 0.377 e. The highest BCUT2D eigenvalue weighted by atomic mass is 32.2. The minimum absolute atomic E-state index is 0.0589. The van der Waals surface area contributed by atoms with Gasteiger partial charge in [0.2, 0.25) is 0 Å². The van der Waals surface area contributed by atoms with Crippen LogP contribution in [0, 0.1) is 0 Å². The molecular weight excluding hydrogens is 392 g/mol. The SMILES string of the molecule is COC(CCS(C)(=O)=O)c1ccc(-n2cc(-c3ccnc4[nH]cnc34)cn2)nc1. The van der Waals surface area contributed by atoms with E-state index in [9.17, 15) is 8.42 Å². The molecule has 0 amide bonds. The molecule has 0 bridgehead atoms. The second-order valence-corrected chi connectivity index (χ2v) is 8.98. The van der Waals surface area contributed by atoms with Gasteiger partial charge in [-0.3, -0.25) is 0 Å². The lowest BCUT2D eigenvalue weighted by atomic mass is 10.1. The molecule has 0 saturated heterocycles. The van der Waals surface area contributed by atoms with Crippen molar-refractivity contribution in [3.8, 4) is 16.9 Å². The molecule has 0 spiro atoms. The van der Waals surface area contributed by atoms with Crippen LogP contribution < -0.4 is 0 Å². The predicted molar refractivity (Wildman–Crippen MR) is 108 cm³/mol. The van der Waals surface area contributed by atoms with E-state index in [1.54, 1.807) is 36.7 Å². The number of nitrogens with one attached hydrogen (secondary N) is 1. The van der Waals surface area contributed by atoms with Gasteiger partial charge < -0.3 is 9.72 Å². The van der Waals surface area contributed by atoms with Gasteiger partial charge in [-0.05, 0) is 24.1 Å². The van der Waals surface area contributed by atoms with Crippen LogP contribution in [0.2, 0.25) is 0 Å². The van der Waals surface area contributed by atoms with Crippen molar-refractivity contribution in [2.45, 2.75) is 12.5 Å². The van der Waals surface area contributed by atoms with E-state index in [1.807, 2.05) is 24.4 Å². The third-order valence-corrected chi connectivity index (χ3v) is 5.60. The molecule has 0 aliphatic heterocycles. The lowest BCUT2D eigenvalue weighted by Crippen LogP contribution is -2.11. The summed E-state index contributed by atoms with van der Waals surface area (Å²) >= 11 is 0. The molecular formula is C19H20N6O3S. The first-order chi connectivity index (χ1) is 13.9. The van der Waals surface area contributed by atoms with Gasteiger partial charge >= 0.3 is 0 Å². The highest BCUT2D eigenvalue weighted by molar-refractivity contribution is 7.90. The maximum Gasteiger partial charge on any atom is 0.157 e. The fourth-order valence-corrected chi connectivity index (χ4v) is 3.78. The summed E-state index contributed by atoms with van der Waals surface area (Å²) in [5, 5.41) is 4.40. The number of hydrogen-bond acceptors (Lipinski definition) is 7. The maximum atomic E-state index is 11.4. The summed E-state index contributed by atoms with van der Waals surface area (Å²) in [6.45, 7) is 0. The van der Waals surface area contributed by atoms with Crippen LogP contribution in [-0.4, -0.2) is 57.3 Å². The third-order valence-electron chi connectivity index (χ3n) is 4.63. The number of imidazole rings is 1. The van der Waals surface area contributed by atoms with Crippen molar-refractivity contribution in [2.24, 2.45) is 0 Å². The normalized spacial score (nSPS) is 13.0. The molecule has 1 N–H and O–H groups in total. The summed E-state index contributed by atoms with van der Waals surface area (Å²) in [6, 6.07) is 5.60. The average molecular weight is 412 g/mol. The Labute approximate surface area is 167 Å². The molecule has 4 aromatic rings. The first-order valence-electron chi connectivity index (χ1n) is 8.94. The number of ether oxygens (including phenoxy) is 1. The van der Waals surface area contributed by atoms with Gasteiger partial charge in [-0.2, -0.15) is 5.10 Å². The number of pyridine rings is 2. The zero-order chi connectivity index (χ0) is 20.4. The number of nitrogens with zero attached hydrogens (tertiary/aromatic N) is 5. The van der Waals surface area contributed by atoms with E-state index in [-0.39, 0.29) is 11.9 Å². The lowest BCUT2D eigenvalue weighted by molar-refractivity contribution is 0.100. The molecule has 0 aliphatic rings. The molecule has 4 rings (SSSR count). The number of sulfone groups is 1. The Morgan fingerprint density at radius 2 is 2.03 bits per heavy atom. The van der Waals surface area contributed by atoms with Gasteiger partial charge in [0.1, 0.15) is 15.4 Å². The number of hydrogen-bond donors (Lipinski definition) is 1. The quantitative estimate of drug-likeness (QED) is 0.495. The summed E-state index contributed by atoms with van der Waals surface area (Å²) in [4.78, 5) is 16.0. The van der Waals surface area contributed by atoms with Crippen LogP contribution in [0.4, 0.5) is 0 Å². The van der Waals surface area contributed by atoms with Gasteiger partial charge in [0.25, 0.3) is 0 Å². The fourth-order valence-electron chi connectivity index (χ4n) is 3.13. The molecule has 150 valence electrons. The summed E-state index contributed by atoms with van der Waals surface area (Å²) in [6.07, 6.45) is 9.92. The molecule has 0 radical (unpaired) electrons. The fraction of sp³-hybridized carbons (Fsp3) is 0.263. The maximum absolute atomic E-state index is 11.4. The van der Waals surface area contributed by atoms with E-state index in [4.69, 9.17) is 4.74 Å². The smallest absolute Gasteiger partial charge is 0.157 e. The van der Waals surface area contributed by atoms with Gasteiger partial charge in [0.05, 0.1) is 24.4 Å². The van der Waals surface area contributed by atoms with Crippen LogP contribution in [-0.2, 0) is 14.6 Å².